The van der Waals surface area contributed by atoms with Crippen LogP contribution in [0.25, 0.3) is 0 Å². The fourth-order valence-corrected chi connectivity index (χ4v) is 2.44. The molecule has 0 aliphatic heterocycles. The van der Waals surface area contributed by atoms with Crippen molar-refractivity contribution in [2.45, 2.75) is 18.8 Å². The zero-order valence-electron chi connectivity index (χ0n) is 8.59. The number of nitrogens with one attached hydrogen (secondary N) is 2. The molecule has 4 heteroatoms. The number of rotatable bonds is 1. The Morgan fingerprint density at radius 3 is 3.00 bits per heavy atom. The van der Waals surface area contributed by atoms with Crippen molar-refractivity contribution in [3.05, 3.63) is 57.5 Å². The van der Waals surface area contributed by atoms with Crippen molar-refractivity contribution in [3.8, 4) is 0 Å². The van der Waals surface area contributed by atoms with E-state index >= 15 is 0 Å². The molecule has 2 aromatic rings. The SMILES string of the molecule is O=c1[nH]cc(C2CCc3cc(F)ccc32)[nH]1. The maximum Gasteiger partial charge on any atom is 0.323 e. The van der Waals surface area contributed by atoms with Gasteiger partial charge in [0.25, 0.3) is 0 Å². The minimum absolute atomic E-state index is 0.189. The minimum Gasteiger partial charge on any atom is -0.313 e. The number of benzene rings is 1. The summed E-state index contributed by atoms with van der Waals surface area (Å²) >= 11 is 0. The standard InChI is InChI=1S/C12H11FN2O/c13-8-2-4-9-7(5-8)1-3-10(9)11-6-14-12(16)15-11/h2,4-6,10H,1,3H2,(H2,14,15,16). The van der Waals surface area contributed by atoms with E-state index in [1.165, 1.54) is 6.07 Å². The number of aromatic amines is 2. The van der Waals surface area contributed by atoms with E-state index in [4.69, 9.17) is 0 Å². The first-order chi connectivity index (χ1) is 7.74. The largest absolute Gasteiger partial charge is 0.323 e. The molecule has 0 bridgehead atoms. The van der Waals surface area contributed by atoms with E-state index in [-0.39, 0.29) is 17.4 Å². The monoisotopic (exact) mass is 218 g/mol. The van der Waals surface area contributed by atoms with Crippen molar-refractivity contribution in [2.75, 3.05) is 0 Å². The molecular weight excluding hydrogens is 207 g/mol. The lowest BCUT2D eigenvalue weighted by atomic mass is 9.98. The summed E-state index contributed by atoms with van der Waals surface area (Å²) in [6, 6.07) is 4.87. The van der Waals surface area contributed by atoms with Gasteiger partial charge in [-0.25, -0.2) is 9.18 Å². The second kappa shape index (κ2) is 3.33. The Morgan fingerprint density at radius 2 is 2.25 bits per heavy atom. The number of halogens is 1. The molecule has 1 aliphatic carbocycles. The van der Waals surface area contributed by atoms with Gasteiger partial charge in [0.2, 0.25) is 0 Å². The summed E-state index contributed by atoms with van der Waals surface area (Å²) in [5.41, 5.74) is 2.87. The lowest BCUT2D eigenvalue weighted by Gasteiger charge is -2.08. The average molecular weight is 218 g/mol. The van der Waals surface area contributed by atoms with Gasteiger partial charge in [-0.2, -0.15) is 0 Å². The summed E-state index contributed by atoms with van der Waals surface area (Å²) in [4.78, 5) is 16.4. The number of H-pyrrole nitrogens is 2. The summed E-state index contributed by atoms with van der Waals surface area (Å²) in [6.45, 7) is 0. The maximum atomic E-state index is 13.0. The number of imidazole rings is 1. The Kier molecular flexibility index (Phi) is 1.96. The molecule has 0 saturated heterocycles. The van der Waals surface area contributed by atoms with Crippen molar-refractivity contribution in [1.82, 2.24) is 9.97 Å². The Hall–Kier alpha value is -1.84. The minimum atomic E-state index is -0.193. The van der Waals surface area contributed by atoms with Crippen LogP contribution in [-0.4, -0.2) is 9.97 Å². The highest BCUT2D eigenvalue weighted by atomic mass is 19.1. The van der Waals surface area contributed by atoms with Gasteiger partial charge in [-0.1, -0.05) is 6.07 Å². The zero-order chi connectivity index (χ0) is 11.1. The normalized spacial score (nSPS) is 18.7. The van der Waals surface area contributed by atoms with Gasteiger partial charge in [-0.05, 0) is 36.1 Å². The van der Waals surface area contributed by atoms with Gasteiger partial charge in [0.15, 0.2) is 0 Å². The molecule has 3 nitrogen and oxygen atoms in total. The second-order valence-corrected chi connectivity index (χ2v) is 4.13. The van der Waals surface area contributed by atoms with Crippen molar-refractivity contribution >= 4 is 0 Å². The van der Waals surface area contributed by atoms with Gasteiger partial charge in [-0.15, -0.1) is 0 Å². The van der Waals surface area contributed by atoms with Crippen LogP contribution in [0.1, 0.15) is 29.2 Å². The predicted molar refractivity (Wildman–Crippen MR) is 58.0 cm³/mol. The molecule has 0 saturated carbocycles. The molecule has 1 aromatic carbocycles. The second-order valence-electron chi connectivity index (χ2n) is 4.13. The highest BCUT2D eigenvalue weighted by Gasteiger charge is 2.25. The highest BCUT2D eigenvalue weighted by Crippen LogP contribution is 2.36. The third kappa shape index (κ3) is 1.38. The van der Waals surface area contributed by atoms with Crippen LogP contribution >= 0.6 is 0 Å². The van der Waals surface area contributed by atoms with Gasteiger partial charge in [-0.3, -0.25) is 0 Å². The molecule has 1 unspecified atom stereocenters. The van der Waals surface area contributed by atoms with Crippen molar-refractivity contribution in [2.24, 2.45) is 0 Å². The molecule has 0 amide bonds. The van der Waals surface area contributed by atoms with E-state index < -0.39 is 0 Å². The number of hydrogen-bond acceptors (Lipinski definition) is 1. The van der Waals surface area contributed by atoms with E-state index in [1.807, 2.05) is 6.07 Å². The van der Waals surface area contributed by atoms with Crippen molar-refractivity contribution < 1.29 is 4.39 Å². The van der Waals surface area contributed by atoms with E-state index in [1.54, 1.807) is 12.3 Å². The number of aromatic nitrogens is 2. The number of fused-ring (bicyclic) bond motifs is 1. The van der Waals surface area contributed by atoms with Crippen LogP contribution in [-0.2, 0) is 6.42 Å². The molecule has 1 atom stereocenters. The van der Waals surface area contributed by atoms with E-state index in [0.29, 0.717) is 0 Å². The molecule has 1 heterocycles. The van der Waals surface area contributed by atoms with E-state index in [9.17, 15) is 9.18 Å². The molecule has 16 heavy (non-hydrogen) atoms. The molecule has 0 fully saturated rings. The number of hydrogen-bond donors (Lipinski definition) is 2. The quantitative estimate of drug-likeness (QED) is 0.754. The fraction of sp³-hybridized carbons (Fsp3) is 0.250. The van der Waals surface area contributed by atoms with Gasteiger partial charge in [0.05, 0.1) is 0 Å². The van der Waals surface area contributed by atoms with Crippen molar-refractivity contribution in [1.29, 1.82) is 0 Å². The molecular formula is C12H11FN2O. The maximum absolute atomic E-state index is 13.0. The van der Waals surface area contributed by atoms with Gasteiger partial charge in [0, 0.05) is 17.8 Å². The van der Waals surface area contributed by atoms with Crippen LogP contribution in [0.4, 0.5) is 4.39 Å². The first kappa shape index (κ1) is 9.39. The van der Waals surface area contributed by atoms with Crippen LogP contribution in [0.15, 0.2) is 29.2 Å². The Balaban J connectivity index is 2.06. The number of aryl methyl sites for hydroxylation is 1. The molecule has 1 aromatic heterocycles. The van der Waals surface area contributed by atoms with Crippen LogP contribution in [0, 0.1) is 5.82 Å². The van der Waals surface area contributed by atoms with Crippen LogP contribution in [0.3, 0.4) is 0 Å². The summed E-state index contributed by atoms with van der Waals surface area (Å²) in [7, 11) is 0. The first-order valence-corrected chi connectivity index (χ1v) is 5.30. The van der Waals surface area contributed by atoms with E-state index in [2.05, 4.69) is 9.97 Å². The Bertz CT molecular complexity index is 585. The van der Waals surface area contributed by atoms with E-state index in [0.717, 1.165) is 29.7 Å². The van der Waals surface area contributed by atoms with Crippen LogP contribution in [0.5, 0.6) is 0 Å². The molecule has 2 N–H and O–H groups in total. The smallest absolute Gasteiger partial charge is 0.313 e. The molecule has 1 aliphatic rings. The third-order valence-corrected chi connectivity index (χ3v) is 3.17. The lowest BCUT2D eigenvalue weighted by molar-refractivity contribution is 0.626. The molecule has 3 rings (SSSR count). The molecule has 0 spiro atoms. The first-order valence-electron chi connectivity index (χ1n) is 5.30. The predicted octanol–water partition coefficient (Wildman–Crippen LogP) is 1.92. The summed E-state index contributed by atoms with van der Waals surface area (Å²) < 4.78 is 13.0. The van der Waals surface area contributed by atoms with Crippen molar-refractivity contribution in [3.63, 3.8) is 0 Å². The van der Waals surface area contributed by atoms with Gasteiger partial charge >= 0.3 is 5.69 Å². The van der Waals surface area contributed by atoms with Crippen LogP contribution < -0.4 is 5.69 Å². The Morgan fingerprint density at radius 1 is 1.38 bits per heavy atom. The summed E-state index contributed by atoms with van der Waals surface area (Å²) in [6.07, 6.45) is 3.49. The van der Waals surface area contributed by atoms with Crippen LogP contribution in [0.2, 0.25) is 0 Å². The zero-order valence-corrected chi connectivity index (χ0v) is 8.59. The third-order valence-electron chi connectivity index (χ3n) is 3.17. The highest BCUT2D eigenvalue weighted by molar-refractivity contribution is 5.39. The van der Waals surface area contributed by atoms with Gasteiger partial charge in [0.1, 0.15) is 5.82 Å². The fourth-order valence-electron chi connectivity index (χ4n) is 2.44. The summed E-state index contributed by atoms with van der Waals surface area (Å²) in [5.74, 6) is -0.00323. The summed E-state index contributed by atoms with van der Waals surface area (Å²) in [5, 5.41) is 0. The Labute approximate surface area is 91.3 Å². The molecule has 82 valence electrons. The lowest BCUT2D eigenvalue weighted by Crippen LogP contribution is -2.03. The average Bonchev–Trinajstić information content (AvgIpc) is 2.83. The van der Waals surface area contributed by atoms with Gasteiger partial charge < -0.3 is 9.97 Å². The molecule has 0 radical (unpaired) electrons. The topological polar surface area (TPSA) is 48.6 Å².